The Labute approximate surface area is 176 Å². The first-order valence-corrected chi connectivity index (χ1v) is 10.5. The highest BCUT2D eigenvalue weighted by molar-refractivity contribution is 9.10. The first-order chi connectivity index (χ1) is 14.0. The SMILES string of the molecule is O=C(Nc1ccc(Br)cc1)c1cccc(NC(=O)[C@@H]2[C@@H]3C[C@@H]4[C@H]2C(=O)O[C@H]4C3)c1. The van der Waals surface area contributed by atoms with Gasteiger partial charge in [0, 0.05) is 27.3 Å². The van der Waals surface area contributed by atoms with E-state index < -0.39 is 0 Å². The van der Waals surface area contributed by atoms with Crippen LogP contribution in [-0.4, -0.2) is 23.9 Å². The molecular weight excluding hydrogens is 436 g/mol. The predicted octanol–water partition coefficient (Wildman–Crippen LogP) is 3.84. The fourth-order valence-electron chi connectivity index (χ4n) is 5.06. The first kappa shape index (κ1) is 18.4. The summed E-state index contributed by atoms with van der Waals surface area (Å²) in [5, 5.41) is 5.74. The van der Waals surface area contributed by atoms with Crippen LogP contribution < -0.4 is 10.6 Å². The van der Waals surface area contributed by atoms with Crippen LogP contribution >= 0.6 is 15.9 Å². The van der Waals surface area contributed by atoms with E-state index in [1.165, 1.54) is 0 Å². The molecule has 0 radical (unpaired) electrons. The van der Waals surface area contributed by atoms with Gasteiger partial charge in [-0.15, -0.1) is 0 Å². The third kappa shape index (κ3) is 3.23. The van der Waals surface area contributed by atoms with Gasteiger partial charge in [-0.2, -0.15) is 0 Å². The average Bonchev–Trinajstić information content (AvgIpc) is 3.32. The van der Waals surface area contributed by atoms with Crippen molar-refractivity contribution in [1.29, 1.82) is 0 Å². The lowest BCUT2D eigenvalue weighted by atomic mass is 9.79. The lowest BCUT2D eigenvalue weighted by molar-refractivity contribution is -0.145. The van der Waals surface area contributed by atoms with Crippen LogP contribution in [0.2, 0.25) is 0 Å². The van der Waals surface area contributed by atoms with E-state index in [1.54, 1.807) is 36.4 Å². The number of benzene rings is 2. The maximum absolute atomic E-state index is 12.9. The molecule has 2 aromatic carbocycles. The molecule has 2 bridgehead atoms. The number of ether oxygens (including phenoxy) is 1. The summed E-state index contributed by atoms with van der Waals surface area (Å²) < 4.78 is 6.34. The molecule has 2 aliphatic carbocycles. The minimum atomic E-state index is -0.341. The maximum atomic E-state index is 12.9. The zero-order chi connectivity index (χ0) is 20.1. The molecule has 6 nitrogen and oxygen atoms in total. The second-order valence-corrected chi connectivity index (χ2v) is 8.87. The Balaban J connectivity index is 1.29. The Morgan fingerprint density at radius 3 is 2.59 bits per heavy atom. The van der Waals surface area contributed by atoms with Crippen molar-refractivity contribution in [3.63, 3.8) is 0 Å². The summed E-state index contributed by atoms with van der Waals surface area (Å²) in [5.41, 5.74) is 1.67. The van der Waals surface area contributed by atoms with Gasteiger partial charge in [-0.05, 0) is 61.2 Å². The van der Waals surface area contributed by atoms with Crippen molar-refractivity contribution in [2.75, 3.05) is 10.6 Å². The highest BCUT2D eigenvalue weighted by Gasteiger charge is 2.63. The molecule has 0 spiro atoms. The number of carbonyl (C=O) groups excluding carboxylic acids is 3. The van der Waals surface area contributed by atoms with Crippen molar-refractivity contribution in [3.05, 3.63) is 58.6 Å². The summed E-state index contributed by atoms with van der Waals surface area (Å²) in [6.45, 7) is 0. The van der Waals surface area contributed by atoms with Gasteiger partial charge in [-0.1, -0.05) is 22.0 Å². The fraction of sp³-hybridized carbons (Fsp3) is 0.318. The summed E-state index contributed by atoms with van der Waals surface area (Å²) in [7, 11) is 0. The molecule has 2 saturated carbocycles. The minimum absolute atomic E-state index is 0.00665. The first-order valence-electron chi connectivity index (χ1n) is 9.68. The molecule has 2 N–H and O–H groups in total. The van der Waals surface area contributed by atoms with Gasteiger partial charge in [-0.3, -0.25) is 14.4 Å². The van der Waals surface area contributed by atoms with Gasteiger partial charge >= 0.3 is 5.97 Å². The number of hydrogen-bond acceptors (Lipinski definition) is 4. The molecule has 7 heteroatoms. The Bertz CT molecular complexity index is 1000. The van der Waals surface area contributed by atoms with Gasteiger partial charge in [0.25, 0.3) is 5.91 Å². The molecule has 5 rings (SSSR count). The number of fused-ring (bicyclic) bond motifs is 1. The largest absolute Gasteiger partial charge is 0.462 e. The van der Waals surface area contributed by atoms with Crippen LogP contribution in [-0.2, 0) is 14.3 Å². The van der Waals surface area contributed by atoms with Crippen LogP contribution in [0.15, 0.2) is 53.0 Å². The molecule has 1 saturated heterocycles. The molecular formula is C22H19BrN2O4. The Hall–Kier alpha value is -2.67. The van der Waals surface area contributed by atoms with Crippen LogP contribution in [0, 0.1) is 23.7 Å². The molecule has 3 fully saturated rings. The van der Waals surface area contributed by atoms with Crippen LogP contribution in [0.25, 0.3) is 0 Å². The lowest BCUT2D eigenvalue weighted by Gasteiger charge is -2.23. The van der Waals surface area contributed by atoms with E-state index in [-0.39, 0.29) is 47.6 Å². The van der Waals surface area contributed by atoms with Crippen molar-refractivity contribution in [2.24, 2.45) is 23.7 Å². The van der Waals surface area contributed by atoms with Gasteiger partial charge in [0.1, 0.15) is 6.10 Å². The number of halogens is 1. The number of amides is 2. The number of rotatable bonds is 4. The van der Waals surface area contributed by atoms with Crippen LogP contribution in [0.5, 0.6) is 0 Å². The van der Waals surface area contributed by atoms with E-state index in [0.717, 1.165) is 17.3 Å². The van der Waals surface area contributed by atoms with Crippen LogP contribution in [0.3, 0.4) is 0 Å². The van der Waals surface area contributed by atoms with Crippen molar-refractivity contribution < 1.29 is 19.1 Å². The Morgan fingerprint density at radius 1 is 1.00 bits per heavy atom. The second-order valence-electron chi connectivity index (χ2n) is 7.95. The maximum Gasteiger partial charge on any atom is 0.310 e. The summed E-state index contributed by atoms with van der Waals surface area (Å²) >= 11 is 3.36. The van der Waals surface area contributed by atoms with E-state index >= 15 is 0 Å². The number of nitrogens with one attached hydrogen (secondary N) is 2. The van der Waals surface area contributed by atoms with Crippen LogP contribution in [0.4, 0.5) is 11.4 Å². The standard InChI is InChI=1S/C22H19BrN2O4/c23-13-4-6-14(7-5-13)24-20(26)11-2-1-3-15(8-11)25-21(27)18-12-9-16-17(10-12)29-22(28)19(16)18/h1-8,12,16-19H,9-10H2,(H,24,26)(H,25,27)/t12-,16+,17+,18-,19-/m1/s1. The van der Waals surface area contributed by atoms with Crippen molar-refractivity contribution in [3.8, 4) is 0 Å². The van der Waals surface area contributed by atoms with Crippen molar-refractivity contribution >= 4 is 45.1 Å². The van der Waals surface area contributed by atoms with Gasteiger partial charge < -0.3 is 15.4 Å². The number of hydrogen-bond donors (Lipinski definition) is 2. The normalized spacial score (nSPS) is 28.9. The van der Waals surface area contributed by atoms with E-state index in [9.17, 15) is 14.4 Å². The number of esters is 1. The average molecular weight is 455 g/mol. The van der Waals surface area contributed by atoms with E-state index in [0.29, 0.717) is 16.9 Å². The molecule has 2 aromatic rings. The molecule has 1 heterocycles. The van der Waals surface area contributed by atoms with Crippen molar-refractivity contribution in [1.82, 2.24) is 0 Å². The number of carbonyl (C=O) groups is 3. The van der Waals surface area contributed by atoms with E-state index in [1.807, 2.05) is 12.1 Å². The van der Waals surface area contributed by atoms with Gasteiger partial charge in [0.05, 0.1) is 11.8 Å². The van der Waals surface area contributed by atoms with E-state index in [4.69, 9.17) is 4.74 Å². The molecule has 148 valence electrons. The smallest absolute Gasteiger partial charge is 0.310 e. The van der Waals surface area contributed by atoms with E-state index in [2.05, 4.69) is 26.6 Å². The summed E-state index contributed by atoms with van der Waals surface area (Å²) in [6, 6.07) is 14.1. The monoisotopic (exact) mass is 454 g/mol. The molecule has 5 atom stereocenters. The highest BCUT2D eigenvalue weighted by Crippen LogP contribution is 2.57. The predicted molar refractivity (Wildman–Crippen MR) is 110 cm³/mol. The van der Waals surface area contributed by atoms with Crippen LogP contribution in [0.1, 0.15) is 23.2 Å². The zero-order valence-corrected chi connectivity index (χ0v) is 17.0. The molecule has 0 aromatic heterocycles. The van der Waals surface area contributed by atoms with Gasteiger partial charge in [-0.25, -0.2) is 0 Å². The molecule has 1 aliphatic heterocycles. The Morgan fingerprint density at radius 2 is 1.79 bits per heavy atom. The summed E-state index contributed by atoms with van der Waals surface area (Å²) in [5.74, 6) is -0.927. The zero-order valence-electron chi connectivity index (χ0n) is 15.4. The molecule has 0 unspecified atom stereocenters. The van der Waals surface area contributed by atoms with Gasteiger partial charge in [0.2, 0.25) is 5.91 Å². The summed E-state index contributed by atoms with van der Waals surface area (Å²) in [4.78, 5) is 37.6. The summed E-state index contributed by atoms with van der Waals surface area (Å²) in [6.07, 6.45) is 1.67. The minimum Gasteiger partial charge on any atom is -0.462 e. The highest BCUT2D eigenvalue weighted by atomic mass is 79.9. The fourth-order valence-corrected chi connectivity index (χ4v) is 5.33. The third-order valence-electron chi connectivity index (χ3n) is 6.28. The molecule has 29 heavy (non-hydrogen) atoms. The quantitative estimate of drug-likeness (QED) is 0.687. The Kier molecular flexibility index (Phi) is 4.42. The molecule has 2 amide bonds. The third-order valence-corrected chi connectivity index (χ3v) is 6.81. The lowest BCUT2D eigenvalue weighted by Crippen LogP contribution is -2.35. The second kappa shape index (κ2) is 6.99. The topological polar surface area (TPSA) is 84.5 Å². The van der Waals surface area contributed by atoms with Gasteiger partial charge in [0.15, 0.2) is 0 Å². The van der Waals surface area contributed by atoms with Crippen molar-refractivity contribution in [2.45, 2.75) is 18.9 Å². The molecule has 3 aliphatic rings. The number of anilines is 2.